The maximum atomic E-state index is 6.29. The van der Waals surface area contributed by atoms with Crippen molar-refractivity contribution < 1.29 is 0 Å². The summed E-state index contributed by atoms with van der Waals surface area (Å²) in [5.41, 5.74) is 6.89. The minimum absolute atomic E-state index is 0.0509. The van der Waals surface area contributed by atoms with Gasteiger partial charge in [-0.25, -0.2) is 0 Å². The molecule has 19 heavy (non-hydrogen) atoms. The van der Waals surface area contributed by atoms with Gasteiger partial charge in [-0.05, 0) is 38.4 Å². The molecule has 0 aliphatic carbocycles. The number of likely N-dealkylation sites (N-methyl/N-ethyl adjacent to an activating group) is 1. The van der Waals surface area contributed by atoms with Crippen LogP contribution in [0.5, 0.6) is 0 Å². The second kappa shape index (κ2) is 7.49. The standard InChI is InChI=1S/C15H24Cl2N2/c1-10(2)8-11(3)19(4)14(9-18)15-12(16)6-5-7-13(15)17/h5-7,10-11,14H,8-9,18H2,1-4H3. The van der Waals surface area contributed by atoms with Crippen molar-refractivity contribution >= 4 is 23.2 Å². The summed E-state index contributed by atoms with van der Waals surface area (Å²) >= 11 is 12.6. The summed E-state index contributed by atoms with van der Waals surface area (Å²) in [4.78, 5) is 2.27. The van der Waals surface area contributed by atoms with E-state index in [1.807, 2.05) is 18.2 Å². The fourth-order valence-corrected chi connectivity index (χ4v) is 3.12. The molecule has 2 unspecified atom stereocenters. The summed E-state index contributed by atoms with van der Waals surface area (Å²) in [5.74, 6) is 0.651. The molecule has 0 saturated carbocycles. The lowest BCUT2D eigenvalue weighted by atomic mass is 9.99. The molecular weight excluding hydrogens is 279 g/mol. The largest absolute Gasteiger partial charge is 0.329 e. The Morgan fingerprint density at radius 1 is 1.16 bits per heavy atom. The van der Waals surface area contributed by atoms with E-state index in [2.05, 4.69) is 32.7 Å². The van der Waals surface area contributed by atoms with E-state index in [4.69, 9.17) is 28.9 Å². The quantitative estimate of drug-likeness (QED) is 0.846. The molecule has 0 radical (unpaired) electrons. The Morgan fingerprint density at radius 2 is 1.68 bits per heavy atom. The summed E-state index contributed by atoms with van der Waals surface area (Å²) in [6.07, 6.45) is 1.12. The van der Waals surface area contributed by atoms with Crippen LogP contribution in [-0.4, -0.2) is 24.5 Å². The SMILES string of the molecule is CC(C)CC(C)N(C)C(CN)c1c(Cl)cccc1Cl. The van der Waals surface area contributed by atoms with Crippen LogP contribution < -0.4 is 5.73 Å². The number of nitrogens with zero attached hydrogens (tertiary/aromatic N) is 1. The van der Waals surface area contributed by atoms with E-state index in [1.165, 1.54) is 0 Å². The number of rotatable bonds is 6. The van der Waals surface area contributed by atoms with Crippen LogP contribution in [0, 0.1) is 5.92 Å². The lowest BCUT2D eigenvalue weighted by Crippen LogP contribution is -2.38. The van der Waals surface area contributed by atoms with Gasteiger partial charge in [0.05, 0.1) is 0 Å². The Kier molecular flexibility index (Phi) is 6.61. The highest BCUT2D eigenvalue weighted by Crippen LogP contribution is 2.34. The number of hydrogen-bond donors (Lipinski definition) is 1. The van der Waals surface area contributed by atoms with Crippen LogP contribution >= 0.6 is 23.2 Å². The summed E-state index contributed by atoms with van der Waals surface area (Å²) in [6.45, 7) is 7.17. The molecule has 0 spiro atoms. The van der Waals surface area contributed by atoms with Crippen LogP contribution in [0.1, 0.15) is 38.8 Å². The highest BCUT2D eigenvalue weighted by Gasteiger charge is 2.24. The molecule has 2 N–H and O–H groups in total. The average Bonchev–Trinajstić information content (AvgIpc) is 2.32. The van der Waals surface area contributed by atoms with Gasteiger partial charge in [0, 0.05) is 34.2 Å². The molecule has 0 aliphatic rings. The lowest BCUT2D eigenvalue weighted by Gasteiger charge is -2.34. The van der Waals surface area contributed by atoms with Crippen molar-refractivity contribution in [3.63, 3.8) is 0 Å². The predicted molar refractivity (Wildman–Crippen MR) is 84.9 cm³/mol. The van der Waals surface area contributed by atoms with Gasteiger partial charge in [0.25, 0.3) is 0 Å². The summed E-state index contributed by atoms with van der Waals surface area (Å²) in [7, 11) is 2.09. The highest BCUT2D eigenvalue weighted by molar-refractivity contribution is 6.36. The third-order valence-corrected chi connectivity index (χ3v) is 4.21. The Hall–Kier alpha value is -0.280. The zero-order chi connectivity index (χ0) is 14.6. The predicted octanol–water partition coefficient (Wildman–Crippen LogP) is 4.36. The van der Waals surface area contributed by atoms with Gasteiger partial charge in [-0.1, -0.05) is 43.1 Å². The van der Waals surface area contributed by atoms with Crippen molar-refractivity contribution in [2.24, 2.45) is 11.7 Å². The van der Waals surface area contributed by atoms with E-state index in [1.54, 1.807) is 0 Å². The van der Waals surface area contributed by atoms with Crippen LogP contribution in [0.15, 0.2) is 18.2 Å². The highest BCUT2D eigenvalue weighted by atomic mass is 35.5. The van der Waals surface area contributed by atoms with Gasteiger partial charge in [0.1, 0.15) is 0 Å². The van der Waals surface area contributed by atoms with Gasteiger partial charge in [-0.2, -0.15) is 0 Å². The maximum Gasteiger partial charge on any atom is 0.0499 e. The van der Waals surface area contributed by atoms with Crippen molar-refractivity contribution in [3.05, 3.63) is 33.8 Å². The van der Waals surface area contributed by atoms with Crippen molar-refractivity contribution in [3.8, 4) is 0 Å². The van der Waals surface area contributed by atoms with Crippen molar-refractivity contribution in [1.82, 2.24) is 4.90 Å². The summed E-state index contributed by atoms with van der Waals surface area (Å²) < 4.78 is 0. The lowest BCUT2D eigenvalue weighted by molar-refractivity contribution is 0.169. The third kappa shape index (κ3) is 4.35. The molecule has 0 fully saturated rings. The molecule has 2 atom stereocenters. The zero-order valence-corrected chi connectivity index (χ0v) is 13.7. The summed E-state index contributed by atoms with van der Waals surface area (Å²) in [5, 5.41) is 1.37. The van der Waals surface area contributed by atoms with Gasteiger partial charge in [0.15, 0.2) is 0 Å². The van der Waals surface area contributed by atoms with E-state index < -0.39 is 0 Å². The number of benzene rings is 1. The van der Waals surface area contributed by atoms with Crippen LogP contribution in [0.2, 0.25) is 10.0 Å². The Labute approximate surface area is 126 Å². The fourth-order valence-electron chi connectivity index (χ4n) is 2.47. The first-order valence-electron chi connectivity index (χ1n) is 6.74. The number of halogens is 2. The molecule has 0 bridgehead atoms. The molecule has 0 saturated heterocycles. The molecule has 1 aromatic rings. The van der Waals surface area contributed by atoms with Crippen LogP contribution in [0.4, 0.5) is 0 Å². The van der Waals surface area contributed by atoms with Gasteiger partial charge in [-0.3, -0.25) is 4.90 Å². The average molecular weight is 303 g/mol. The number of nitrogens with two attached hydrogens (primary N) is 1. The van der Waals surface area contributed by atoms with E-state index >= 15 is 0 Å². The van der Waals surface area contributed by atoms with E-state index in [-0.39, 0.29) is 6.04 Å². The molecule has 2 nitrogen and oxygen atoms in total. The fraction of sp³-hybridized carbons (Fsp3) is 0.600. The maximum absolute atomic E-state index is 6.29. The normalized spacial score (nSPS) is 15.0. The second-order valence-corrected chi connectivity index (χ2v) is 6.35. The molecule has 0 heterocycles. The molecule has 4 heteroatoms. The molecule has 0 aromatic heterocycles. The third-order valence-electron chi connectivity index (χ3n) is 3.56. The van der Waals surface area contributed by atoms with Crippen LogP contribution in [-0.2, 0) is 0 Å². The second-order valence-electron chi connectivity index (χ2n) is 5.53. The van der Waals surface area contributed by atoms with Gasteiger partial charge in [0.2, 0.25) is 0 Å². The van der Waals surface area contributed by atoms with Crippen molar-refractivity contribution in [2.45, 2.75) is 39.3 Å². The van der Waals surface area contributed by atoms with Crippen molar-refractivity contribution in [1.29, 1.82) is 0 Å². The monoisotopic (exact) mass is 302 g/mol. The van der Waals surface area contributed by atoms with Crippen LogP contribution in [0.3, 0.4) is 0 Å². The Bertz CT molecular complexity index is 387. The summed E-state index contributed by atoms with van der Waals surface area (Å²) in [6, 6.07) is 6.08. The smallest absolute Gasteiger partial charge is 0.0499 e. The van der Waals surface area contributed by atoms with Gasteiger partial charge >= 0.3 is 0 Å². The molecular formula is C15H24Cl2N2. The van der Waals surface area contributed by atoms with Crippen LogP contribution in [0.25, 0.3) is 0 Å². The number of hydrogen-bond acceptors (Lipinski definition) is 2. The molecule has 0 aliphatic heterocycles. The Balaban J connectivity index is 3.00. The molecule has 0 amide bonds. The van der Waals surface area contributed by atoms with Gasteiger partial charge < -0.3 is 5.73 Å². The minimum atomic E-state index is 0.0509. The van der Waals surface area contributed by atoms with E-state index in [9.17, 15) is 0 Å². The topological polar surface area (TPSA) is 29.3 Å². The van der Waals surface area contributed by atoms with E-state index in [0.29, 0.717) is 28.5 Å². The molecule has 1 aromatic carbocycles. The van der Waals surface area contributed by atoms with Crippen molar-refractivity contribution in [2.75, 3.05) is 13.6 Å². The molecule has 108 valence electrons. The zero-order valence-electron chi connectivity index (χ0n) is 12.2. The Morgan fingerprint density at radius 3 is 2.11 bits per heavy atom. The van der Waals surface area contributed by atoms with E-state index in [0.717, 1.165) is 12.0 Å². The molecule has 1 rings (SSSR count). The minimum Gasteiger partial charge on any atom is -0.329 e. The first-order chi connectivity index (χ1) is 8.88. The first kappa shape index (κ1) is 16.8. The van der Waals surface area contributed by atoms with Gasteiger partial charge in [-0.15, -0.1) is 0 Å². The first-order valence-corrected chi connectivity index (χ1v) is 7.50.